The zero-order valence-electron chi connectivity index (χ0n) is 9.16. The molecule has 1 unspecified atom stereocenters. The molecular weight excluding hydrogens is 375 g/mol. The average Bonchev–Trinajstić information content (AvgIpc) is 2.62. The Morgan fingerprint density at radius 1 is 1.42 bits per heavy atom. The van der Waals surface area contributed by atoms with Crippen molar-refractivity contribution in [2.75, 3.05) is 0 Å². The number of halogens is 4. The van der Waals surface area contributed by atoms with Crippen LogP contribution in [0, 0.1) is 0 Å². The zero-order chi connectivity index (χ0) is 15.1. The van der Waals surface area contributed by atoms with Gasteiger partial charge in [0.1, 0.15) is 4.21 Å². The van der Waals surface area contributed by atoms with Crippen LogP contribution in [0.25, 0.3) is 0 Å². The van der Waals surface area contributed by atoms with Gasteiger partial charge in [-0.2, -0.15) is 17.9 Å². The third-order valence-corrected chi connectivity index (χ3v) is 5.82. The molecule has 19 heavy (non-hydrogen) atoms. The van der Waals surface area contributed by atoms with Crippen molar-refractivity contribution in [3.8, 4) is 0 Å². The van der Waals surface area contributed by atoms with Crippen LogP contribution in [-0.2, 0) is 14.8 Å². The van der Waals surface area contributed by atoms with E-state index in [0.717, 1.165) is 6.07 Å². The van der Waals surface area contributed by atoms with Crippen LogP contribution in [0.3, 0.4) is 0 Å². The van der Waals surface area contributed by atoms with E-state index < -0.39 is 31.9 Å². The predicted molar refractivity (Wildman–Crippen MR) is 64.4 cm³/mol. The highest BCUT2D eigenvalue weighted by Crippen LogP contribution is 2.33. The first-order valence-corrected chi connectivity index (χ1v) is 7.59. The van der Waals surface area contributed by atoms with Crippen LogP contribution in [0.5, 0.6) is 0 Å². The molecule has 1 heterocycles. The van der Waals surface area contributed by atoms with E-state index in [1.807, 2.05) is 0 Å². The molecular formula is C8H7BrF3NO4S2. The quantitative estimate of drug-likeness (QED) is 0.837. The topological polar surface area (TPSA) is 83.5 Å². The number of hydrogen-bond donors (Lipinski definition) is 2. The zero-order valence-corrected chi connectivity index (χ0v) is 12.4. The molecule has 5 nitrogen and oxygen atoms in total. The highest BCUT2D eigenvalue weighted by Gasteiger charge is 2.59. The minimum absolute atomic E-state index is 0.246. The highest BCUT2D eigenvalue weighted by atomic mass is 79.9. The standard InChI is InChI=1S/C8H7BrF3NO4S2/c1-7(6(14)15,8(10,11)12)13-19(16,17)5-3-2-4(9)18-5/h2-3,13H,1H3,(H,14,15). The molecule has 0 aliphatic carbocycles. The fourth-order valence-electron chi connectivity index (χ4n) is 0.984. The number of rotatable bonds is 4. The molecule has 0 aliphatic rings. The van der Waals surface area contributed by atoms with E-state index >= 15 is 0 Å². The predicted octanol–water partition coefficient (Wildman–Crippen LogP) is 2.19. The van der Waals surface area contributed by atoms with Gasteiger partial charge in [-0.15, -0.1) is 11.3 Å². The van der Waals surface area contributed by atoms with Gasteiger partial charge < -0.3 is 5.11 Å². The van der Waals surface area contributed by atoms with Crippen LogP contribution in [0.2, 0.25) is 0 Å². The fraction of sp³-hybridized carbons (Fsp3) is 0.375. The van der Waals surface area contributed by atoms with E-state index in [4.69, 9.17) is 5.11 Å². The van der Waals surface area contributed by atoms with Gasteiger partial charge in [0.2, 0.25) is 5.54 Å². The van der Waals surface area contributed by atoms with Crippen molar-refractivity contribution in [3.05, 3.63) is 15.9 Å². The van der Waals surface area contributed by atoms with Crippen molar-refractivity contribution in [3.63, 3.8) is 0 Å². The molecule has 0 aromatic carbocycles. The van der Waals surface area contributed by atoms with E-state index in [0.29, 0.717) is 15.1 Å². The van der Waals surface area contributed by atoms with Crippen molar-refractivity contribution in [1.29, 1.82) is 0 Å². The summed E-state index contributed by atoms with van der Waals surface area (Å²) >= 11 is 3.62. The smallest absolute Gasteiger partial charge is 0.418 e. The van der Waals surface area contributed by atoms with Crippen LogP contribution in [0.1, 0.15) is 6.92 Å². The molecule has 0 bridgehead atoms. The number of nitrogens with one attached hydrogen (secondary N) is 1. The maximum Gasteiger partial charge on any atom is 0.418 e. The Balaban J connectivity index is 3.22. The van der Waals surface area contributed by atoms with Crippen molar-refractivity contribution in [1.82, 2.24) is 4.72 Å². The van der Waals surface area contributed by atoms with Crippen molar-refractivity contribution >= 4 is 43.3 Å². The number of hydrogen-bond acceptors (Lipinski definition) is 4. The van der Waals surface area contributed by atoms with Crippen molar-refractivity contribution in [2.24, 2.45) is 0 Å². The van der Waals surface area contributed by atoms with E-state index in [2.05, 4.69) is 15.9 Å². The van der Waals surface area contributed by atoms with Gasteiger partial charge in [-0.25, -0.2) is 13.2 Å². The van der Waals surface area contributed by atoms with Crippen LogP contribution in [0.15, 0.2) is 20.1 Å². The van der Waals surface area contributed by atoms with Crippen LogP contribution < -0.4 is 4.72 Å². The lowest BCUT2D eigenvalue weighted by atomic mass is 10.0. The van der Waals surface area contributed by atoms with Gasteiger partial charge in [0, 0.05) is 0 Å². The Morgan fingerprint density at radius 2 is 1.95 bits per heavy atom. The second-order valence-electron chi connectivity index (χ2n) is 3.59. The van der Waals surface area contributed by atoms with Crippen molar-refractivity contribution < 1.29 is 31.5 Å². The first-order valence-electron chi connectivity index (χ1n) is 4.49. The van der Waals surface area contributed by atoms with Gasteiger partial charge in [0.05, 0.1) is 3.79 Å². The minimum Gasteiger partial charge on any atom is -0.480 e. The second-order valence-corrected chi connectivity index (χ2v) is 7.96. The lowest BCUT2D eigenvalue weighted by Crippen LogP contribution is -2.61. The summed E-state index contributed by atoms with van der Waals surface area (Å²) in [5.74, 6) is -2.33. The first kappa shape index (κ1) is 16.4. The Kier molecular flexibility index (Phi) is 4.35. The normalized spacial score (nSPS) is 16.1. The molecule has 0 radical (unpaired) electrons. The Hall–Kier alpha value is -0.650. The van der Waals surface area contributed by atoms with Crippen LogP contribution >= 0.6 is 27.3 Å². The van der Waals surface area contributed by atoms with Gasteiger partial charge in [-0.1, -0.05) is 0 Å². The molecule has 0 aliphatic heterocycles. The highest BCUT2D eigenvalue weighted by molar-refractivity contribution is 9.11. The average molecular weight is 382 g/mol. The number of carboxylic acid groups (broad SMARTS) is 1. The third kappa shape index (κ3) is 3.27. The molecule has 0 fully saturated rings. The summed E-state index contributed by atoms with van der Waals surface area (Å²) in [5.41, 5.74) is -3.59. The monoisotopic (exact) mass is 381 g/mol. The summed E-state index contributed by atoms with van der Waals surface area (Å²) in [7, 11) is -4.59. The second kappa shape index (κ2) is 5.04. The van der Waals surface area contributed by atoms with Gasteiger partial charge in [-0.3, -0.25) is 0 Å². The largest absolute Gasteiger partial charge is 0.480 e. The maximum atomic E-state index is 12.7. The molecule has 1 aromatic rings. The Bertz CT molecular complexity index is 597. The number of carboxylic acids is 1. The van der Waals surface area contributed by atoms with E-state index in [1.165, 1.54) is 10.8 Å². The summed E-state index contributed by atoms with van der Waals surface area (Å²) < 4.78 is 62.7. The molecule has 0 spiro atoms. The molecule has 2 N–H and O–H groups in total. The van der Waals surface area contributed by atoms with Crippen molar-refractivity contribution in [2.45, 2.75) is 22.8 Å². The minimum atomic E-state index is -5.28. The summed E-state index contributed by atoms with van der Waals surface area (Å²) in [6.07, 6.45) is -5.28. The summed E-state index contributed by atoms with van der Waals surface area (Å²) in [6, 6.07) is 2.39. The van der Waals surface area contributed by atoms with Gasteiger partial charge >= 0.3 is 12.1 Å². The van der Waals surface area contributed by atoms with E-state index in [9.17, 15) is 26.4 Å². The summed E-state index contributed by atoms with van der Waals surface area (Å²) in [6.45, 7) is 0.246. The number of sulfonamides is 1. The third-order valence-electron chi connectivity index (χ3n) is 2.15. The number of carbonyl (C=O) groups is 1. The SMILES string of the molecule is CC(NS(=O)(=O)c1ccc(Br)s1)(C(=O)O)C(F)(F)F. The fourth-order valence-corrected chi connectivity index (χ4v) is 4.35. The Morgan fingerprint density at radius 3 is 2.26 bits per heavy atom. The molecule has 1 rings (SSSR count). The lowest BCUT2D eigenvalue weighted by molar-refractivity contribution is -0.201. The number of aliphatic carboxylic acids is 1. The molecule has 108 valence electrons. The summed E-state index contributed by atoms with van der Waals surface area (Å²) in [5, 5.41) is 8.63. The Labute approximate surface area is 118 Å². The lowest BCUT2D eigenvalue weighted by Gasteiger charge is -2.27. The first-order chi connectivity index (χ1) is 8.40. The molecule has 0 saturated carbocycles. The number of alkyl halides is 3. The molecule has 1 atom stereocenters. The molecule has 0 amide bonds. The molecule has 11 heteroatoms. The van der Waals surface area contributed by atoms with Gasteiger partial charge in [0.15, 0.2) is 0 Å². The van der Waals surface area contributed by atoms with Crippen LogP contribution in [0.4, 0.5) is 13.2 Å². The van der Waals surface area contributed by atoms with Gasteiger partial charge in [-0.05, 0) is 35.0 Å². The van der Waals surface area contributed by atoms with E-state index in [-0.39, 0.29) is 6.92 Å². The molecule has 1 aromatic heterocycles. The summed E-state index contributed by atoms with van der Waals surface area (Å²) in [4.78, 5) is 10.7. The van der Waals surface area contributed by atoms with E-state index in [1.54, 1.807) is 0 Å². The number of thiophene rings is 1. The van der Waals surface area contributed by atoms with Crippen LogP contribution in [-0.4, -0.2) is 31.2 Å². The van der Waals surface area contributed by atoms with Gasteiger partial charge in [0.25, 0.3) is 10.0 Å². The maximum absolute atomic E-state index is 12.7. The molecule has 0 saturated heterocycles.